The molecule has 19 heavy (non-hydrogen) atoms. The summed E-state index contributed by atoms with van der Waals surface area (Å²) in [5.41, 5.74) is 7.28. The van der Waals surface area contributed by atoms with Crippen LogP contribution in [-0.2, 0) is 10.0 Å². The molecule has 1 aromatic carbocycles. The molecule has 0 bridgehead atoms. The van der Waals surface area contributed by atoms with Crippen LogP contribution in [0.2, 0.25) is 0 Å². The Morgan fingerprint density at radius 1 is 1.42 bits per heavy atom. The lowest BCUT2D eigenvalue weighted by Gasteiger charge is -2.28. The van der Waals surface area contributed by atoms with Gasteiger partial charge in [-0.1, -0.05) is 13.3 Å². The molecule has 1 unspecified atom stereocenters. The highest BCUT2D eigenvalue weighted by molar-refractivity contribution is 7.89. The van der Waals surface area contributed by atoms with Gasteiger partial charge < -0.3 is 10.6 Å². The van der Waals surface area contributed by atoms with Gasteiger partial charge in [0, 0.05) is 13.1 Å². The molecule has 1 aromatic rings. The first-order valence-electron chi connectivity index (χ1n) is 6.39. The van der Waals surface area contributed by atoms with Gasteiger partial charge in [0.05, 0.1) is 16.3 Å². The van der Waals surface area contributed by atoms with E-state index in [0.717, 1.165) is 18.5 Å². The number of nitrogen functional groups attached to an aromatic ring is 1. The van der Waals surface area contributed by atoms with Crippen LogP contribution in [0.1, 0.15) is 26.7 Å². The molecule has 0 aliphatic heterocycles. The van der Waals surface area contributed by atoms with E-state index < -0.39 is 10.0 Å². The molecule has 0 radical (unpaired) electrons. The molecule has 0 aromatic heterocycles. The minimum absolute atomic E-state index is 0.231. The fourth-order valence-corrected chi connectivity index (χ4v) is 2.71. The smallest absolute Gasteiger partial charge is 0.240 e. The quantitative estimate of drug-likeness (QED) is 0.782. The van der Waals surface area contributed by atoms with Crippen LogP contribution >= 0.6 is 0 Å². The molecule has 0 fully saturated rings. The zero-order valence-electron chi connectivity index (χ0n) is 12.0. The third-order valence-electron chi connectivity index (χ3n) is 3.33. The van der Waals surface area contributed by atoms with Gasteiger partial charge in [-0.3, -0.25) is 0 Å². The van der Waals surface area contributed by atoms with Crippen LogP contribution in [0.25, 0.3) is 0 Å². The van der Waals surface area contributed by atoms with E-state index >= 15 is 0 Å². The monoisotopic (exact) mass is 285 g/mol. The normalized spacial score (nSPS) is 13.3. The average Bonchev–Trinajstić information content (AvgIpc) is 2.38. The van der Waals surface area contributed by atoms with Gasteiger partial charge in [-0.15, -0.1) is 0 Å². The van der Waals surface area contributed by atoms with E-state index in [1.165, 1.54) is 13.1 Å². The van der Waals surface area contributed by atoms with Crippen molar-refractivity contribution in [3.8, 4) is 0 Å². The molecule has 0 aliphatic carbocycles. The SMILES string of the molecule is CCCC(C)N(C)c1cc(S(=O)(=O)NC)ccc1N. The molecule has 0 saturated carbocycles. The first-order valence-corrected chi connectivity index (χ1v) is 7.87. The number of hydrogen-bond donors (Lipinski definition) is 2. The van der Waals surface area contributed by atoms with Crippen molar-refractivity contribution in [1.29, 1.82) is 0 Å². The van der Waals surface area contributed by atoms with E-state index in [-0.39, 0.29) is 4.90 Å². The first kappa shape index (κ1) is 15.8. The van der Waals surface area contributed by atoms with E-state index in [2.05, 4.69) is 18.6 Å². The second kappa shape index (κ2) is 6.25. The largest absolute Gasteiger partial charge is 0.397 e. The number of nitrogens with two attached hydrogens (primary N) is 1. The highest BCUT2D eigenvalue weighted by Crippen LogP contribution is 2.27. The van der Waals surface area contributed by atoms with Crippen molar-refractivity contribution < 1.29 is 8.42 Å². The van der Waals surface area contributed by atoms with Crippen LogP contribution in [0.3, 0.4) is 0 Å². The molecule has 3 N–H and O–H groups in total. The number of anilines is 2. The maximum Gasteiger partial charge on any atom is 0.240 e. The molecular formula is C13H23N3O2S. The summed E-state index contributed by atoms with van der Waals surface area (Å²) >= 11 is 0. The highest BCUT2D eigenvalue weighted by atomic mass is 32.2. The van der Waals surface area contributed by atoms with Crippen molar-refractivity contribution >= 4 is 21.4 Å². The molecule has 108 valence electrons. The number of sulfonamides is 1. The summed E-state index contributed by atoms with van der Waals surface area (Å²) in [6, 6.07) is 5.07. The molecule has 0 aliphatic rings. The molecule has 5 nitrogen and oxygen atoms in total. The van der Waals surface area contributed by atoms with Crippen LogP contribution < -0.4 is 15.4 Å². The van der Waals surface area contributed by atoms with E-state index in [0.29, 0.717) is 11.7 Å². The maximum absolute atomic E-state index is 11.8. The summed E-state index contributed by atoms with van der Waals surface area (Å²) in [5.74, 6) is 0. The molecule has 1 atom stereocenters. The Balaban J connectivity index is 3.18. The summed E-state index contributed by atoms with van der Waals surface area (Å²) in [7, 11) is -0.111. The van der Waals surface area contributed by atoms with E-state index in [1.807, 2.05) is 11.9 Å². The van der Waals surface area contributed by atoms with Gasteiger partial charge in [0.25, 0.3) is 0 Å². The Labute approximate surface area is 115 Å². The fraction of sp³-hybridized carbons (Fsp3) is 0.538. The maximum atomic E-state index is 11.8. The fourth-order valence-electron chi connectivity index (χ4n) is 1.96. The lowest BCUT2D eigenvalue weighted by Crippen LogP contribution is -2.29. The number of rotatable bonds is 6. The third kappa shape index (κ3) is 3.61. The summed E-state index contributed by atoms with van der Waals surface area (Å²) in [6.07, 6.45) is 2.10. The van der Waals surface area contributed by atoms with E-state index in [9.17, 15) is 8.42 Å². The second-order valence-electron chi connectivity index (χ2n) is 4.68. The first-order chi connectivity index (χ1) is 8.83. The van der Waals surface area contributed by atoms with Gasteiger partial charge in [0.1, 0.15) is 0 Å². The van der Waals surface area contributed by atoms with Gasteiger partial charge in [0.15, 0.2) is 0 Å². The Bertz CT molecular complexity index is 529. The van der Waals surface area contributed by atoms with Crippen molar-refractivity contribution in [1.82, 2.24) is 4.72 Å². The van der Waals surface area contributed by atoms with E-state index in [1.54, 1.807) is 12.1 Å². The minimum Gasteiger partial charge on any atom is -0.397 e. The van der Waals surface area contributed by atoms with Crippen molar-refractivity contribution in [3.63, 3.8) is 0 Å². The molecule has 6 heteroatoms. The van der Waals surface area contributed by atoms with Crippen LogP contribution in [0.5, 0.6) is 0 Å². The molecule has 0 heterocycles. The Kier molecular flexibility index (Phi) is 5.20. The molecular weight excluding hydrogens is 262 g/mol. The van der Waals surface area contributed by atoms with Crippen molar-refractivity contribution in [3.05, 3.63) is 18.2 Å². The van der Waals surface area contributed by atoms with Crippen LogP contribution in [0.15, 0.2) is 23.1 Å². The molecule has 1 rings (SSSR count). The van der Waals surface area contributed by atoms with Crippen molar-refractivity contribution in [2.24, 2.45) is 0 Å². The van der Waals surface area contributed by atoms with Crippen LogP contribution in [0.4, 0.5) is 11.4 Å². The minimum atomic E-state index is -3.44. The summed E-state index contributed by atoms with van der Waals surface area (Å²) in [4.78, 5) is 2.25. The van der Waals surface area contributed by atoms with Gasteiger partial charge in [0.2, 0.25) is 10.0 Å². The van der Waals surface area contributed by atoms with Gasteiger partial charge in [-0.2, -0.15) is 0 Å². The predicted octanol–water partition coefficient (Wildman–Crippen LogP) is 1.80. The van der Waals surface area contributed by atoms with Crippen LogP contribution in [-0.4, -0.2) is 28.6 Å². The molecule has 0 spiro atoms. The standard InChI is InChI=1S/C13H23N3O2S/c1-5-6-10(2)16(4)13-9-11(7-8-12(13)14)19(17,18)15-3/h7-10,15H,5-6,14H2,1-4H3. The lowest BCUT2D eigenvalue weighted by atomic mass is 10.1. The highest BCUT2D eigenvalue weighted by Gasteiger charge is 2.17. The Morgan fingerprint density at radius 2 is 2.05 bits per heavy atom. The zero-order chi connectivity index (χ0) is 14.6. The Morgan fingerprint density at radius 3 is 2.58 bits per heavy atom. The predicted molar refractivity (Wildman–Crippen MR) is 79.9 cm³/mol. The molecule has 0 saturated heterocycles. The van der Waals surface area contributed by atoms with Crippen molar-refractivity contribution in [2.75, 3.05) is 24.7 Å². The summed E-state index contributed by atoms with van der Waals surface area (Å²) in [6.45, 7) is 4.22. The average molecular weight is 285 g/mol. The third-order valence-corrected chi connectivity index (χ3v) is 4.74. The molecule has 0 amide bonds. The van der Waals surface area contributed by atoms with Gasteiger partial charge in [-0.05, 0) is 38.6 Å². The number of nitrogens with one attached hydrogen (secondary N) is 1. The van der Waals surface area contributed by atoms with Crippen LogP contribution in [0, 0.1) is 0 Å². The number of hydrogen-bond acceptors (Lipinski definition) is 4. The number of nitrogens with zero attached hydrogens (tertiary/aromatic N) is 1. The summed E-state index contributed by atoms with van der Waals surface area (Å²) in [5, 5.41) is 0. The zero-order valence-corrected chi connectivity index (χ0v) is 12.8. The van der Waals surface area contributed by atoms with Gasteiger partial charge in [-0.25, -0.2) is 13.1 Å². The topological polar surface area (TPSA) is 75.4 Å². The summed E-state index contributed by atoms with van der Waals surface area (Å²) < 4.78 is 25.9. The number of benzene rings is 1. The van der Waals surface area contributed by atoms with Crippen molar-refractivity contribution in [2.45, 2.75) is 37.6 Å². The second-order valence-corrected chi connectivity index (χ2v) is 6.56. The van der Waals surface area contributed by atoms with Gasteiger partial charge >= 0.3 is 0 Å². The van der Waals surface area contributed by atoms with E-state index in [4.69, 9.17) is 5.73 Å². The lowest BCUT2D eigenvalue weighted by molar-refractivity contribution is 0.587. The Hall–Kier alpha value is -1.27.